The molecule has 0 bridgehead atoms. The Bertz CT molecular complexity index is 218. The maximum atomic E-state index is 6.31. The van der Waals surface area contributed by atoms with E-state index in [1.165, 1.54) is 0 Å². The van der Waals surface area contributed by atoms with E-state index in [-0.39, 0.29) is 0 Å². The summed E-state index contributed by atoms with van der Waals surface area (Å²) in [4.78, 5) is 4.87. The van der Waals surface area contributed by atoms with E-state index in [1.54, 1.807) is 0 Å². The SMILES string of the molecule is CCN(CC)CCC[NH][Sn]([NH2])([NH2])[CH2]CCN(CC)CC. The average molecular weight is 394 g/mol. The molecule has 0 heterocycles. The summed E-state index contributed by atoms with van der Waals surface area (Å²) in [6.45, 7) is 16.6. The quantitative estimate of drug-likeness (QED) is 0.320. The van der Waals surface area contributed by atoms with Crippen molar-refractivity contribution in [3.05, 3.63) is 0 Å². The van der Waals surface area contributed by atoms with Crippen molar-refractivity contribution >= 4 is 19.2 Å². The van der Waals surface area contributed by atoms with E-state index in [1.807, 2.05) is 0 Å². The Balaban J connectivity index is 3.73. The number of nitrogens with one attached hydrogen (secondary N) is 1. The van der Waals surface area contributed by atoms with Crippen molar-refractivity contribution in [2.45, 2.75) is 45.0 Å². The fraction of sp³-hybridized carbons (Fsp3) is 1.00. The monoisotopic (exact) mass is 395 g/mol. The summed E-state index contributed by atoms with van der Waals surface area (Å²) < 4.78 is 17.1. The third-order valence-corrected chi connectivity index (χ3v) is 9.92. The number of nitrogens with zero attached hydrogens (tertiary/aromatic N) is 2. The van der Waals surface area contributed by atoms with Crippen LogP contribution >= 0.6 is 0 Å². The van der Waals surface area contributed by atoms with Crippen LogP contribution in [0.25, 0.3) is 0 Å². The molecule has 20 heavy (non-hydrogen) atoms. The minimum absolute atomic E-state index is 0.977. The Labute approximate surface area is 131 Å². The molecular formula is C14H37N5Sn. The zero-order valence-corrected chi connectivity index (χ0v) is 17.0. The van der Waals surface area contributed by atoms with Gasteiger partial charge in [0, 0.05) is 0 Å². The zero-order chi connectivity index (χ0) is 15.4. The van der Waals surface area contributed by atoms with Gasteiger partial charge in [-0.25, -0.2) is 0 Å². The Morgan fingerprint density at radius 3 is 1.70 bits per heavy atom. The van der Waals surface area contributed by atoms with E-state index in [0.717, 1.165) is 63.1 Å². The second kappa shape index (κ2) is 12.2. The summed E-state index contributed by atoms with van der Waals surface area (Å²) in [5, 5.41) is 0. The molecule has 0 atom stereocenters. The normalized spacial score (nSPS) is 12.6. The van der Waals surface area contributed by atoms with Crippen LogP contribution < -0.4 is 11.4 Å². The van der Waals surface area contributed by atoms with Gasteiger partial charge in [0.15, 0.2) is 0 Å². The Morgan fingerprint density at radius 2 is 1.25 bits per heavy atom. The molecule has 0 aromatic rings. The van der Waals surface area contributed by atoms with Crippen molar-refractivity contribution in [3.63, 3.8) is 0 Å². The molecule has 0 saturated carbocycles. The van der Waals surface area contributed by atoms with Crippen molar-refractivity contribution in [3.8, 4) is 0 Å². The molecule has 0 aliphatic rings. The second-order valence-electron chi connectivity index (χ2n) is 5.48. The standard InChI is InChI=1S/C7H17N2.C7H16N.2H2N.Sn/c1-3-9(4-2)7-5-6-8;1-4-7-8(5-2)6-3;;;/h8H,3-7H2,1-2H3;1,4-7H2,2-3H3;2*1H2;/q-1;;2*-1;+3. The minimum atomic E-state index is -2.93. The predicted molar refractivity (Wildman–Crippen MR) is 91.7 cm³/mol. The molecule has 0 saturated heterocycles. The Hall–Kier alpha value is 0.599. The van der Waals surface area contributed by atoms with Gasteiger partial charge in [0.05, 0.1) is 0 Å². The van der Waals surface area contributed by atoms with E-state index >= 15 is 0 Å². The molecule has 0 unspecified atom stereocenters. The molecule has 5 N–H and O–H groups in total. The summed E-state index contributed by atoms with van der Waals surface area (Å²) in [6, 6.07) is 0. The fourth-order valence-corrected chi connectivity index (χ4v) is 6.85. The molecule has 0 aliphatic heterocycles. The van der Waals surface area contributed by atoms with E-state index < -0.39 is 19.2 Å². The summed E-state index contributed by atoms with van der Waals surface area (Å²) in [5.74, 6) is 0. The topological polar surface area (TPSA) is 70.5 Å². The maximum absolute atomic E-state index is 6.31. The van der Waals surface area contributed by atoms with Gasteiger partial charge in [-0.3, -0.25) is 0 Å². The average Bonchev–Trinajstić information content (AvgIpc) is 2.44. The summed E-state index contributed by atoms with van der Waals surface area (Å²) >= 11 is -2.93. The van der Waals surface area contributed by atoms with Gasteiger partial charge in [-0.15, -0.1) is 0 Å². The molecule has 5 nitrogen and oxygen atoms in total. The van der Waals surface area contributed by atoms with Crippen molar-refractivity contribution in [2.75, 3.05) is 45.8 Å². The number of hydrogen-bond acceptors (Lipinski definition) is 5. The summed E-state index contributed by atoms with van der Waals surface area (Å²) in [6.07, 6.45) is 2.28. The van der Waals surface area contributed by atoms with Crippen molar-refractivity contribution in [1.82, 2.24) is 13.3 Å². The molecule has 0 aliphatic carbocycles. The second-order valence-corrected chi connectivity index (χ2v) is 13.9. The molecule has 6 heteroatoms. The number of hydrogen-bond donors (Lipinski definition) is 3. The first-order chi connectivity index (χ1) is 9.49. The van der Waals surface area contributed by atoms with E-state index in [2.05, 4.69) is 41.0 Å². The Kier molecular flexibility index (Phi) is 12.5. The molecule has 0 aromatic heterocycles. The first-order valence-electron chi connectivity index (χ1n) is 8.26. The van der Waals surface area contributed by atoms with Gasteiger partial charge < -0.3 is 0 Å². The van der Waals surface area contributed by atoms with Gasteiger partial charge in [-0.1, -0.05) is 0 Å². The predicted octanol–water partition coefficient (Wildman–Crippen LogP) is 0.896. The van der Waals surface area contributed by atoms with Gasteiger partial charge >= 0.3 is 131 Å². The molecular weight excluding hydrogens is 357 g/mol. The number of nitrogens with two attached hydrogens (primary N) is 2. The molecule has 0 fully saturated rings. The molecule has 0 aromatic carbocycles. The van der Waals surface area contributed by atoms with Crippen LogP contribution in [0.15, 0.2) is 0 Å². The van der Waals surface area contributed by atoms with Crippen LogP contribution in [-0.4, -0.2) is 74.8 Å². The molecule has 0 rings (SSSR count). The van der Waals surface area contributed by atoms with Crippen molar-refractivity contribution in [2.24, 2.45) is 7.91 Å². The van der Waals surface area contributed by atoms with Crippen LogP contribution in [0.1, 0.15) is 40.5 Å². The van der Waals surface area contributed by atoms with Gasteiger partial charge in [0.1, 0.15) is 0 Å². The summed E-state index contributed by atoms with van der Waals surface area (Å²) in [7, 11) is 0. The third-order valence-electron chi connectivity index (χ3n) is 3.96. The first kappa shape index (κ1) is 20.6. The molecule has 122 valence electrons. The van der Waals surface area contributed by atoms with Gasteiger partial charge in [-0.2, -0.15) is 0 Å². The fourth-order valence-electron chi connectivity index (χ4n) is 2.39. The van der Waals surface area contributed by atoms with Gasteiger partial charge in [-0.05, 0) is 0 Å². The zero-order valence-electron chi connectivity index (χ0n) is 14.1. The molecule has 0 spiro atoms. The van der Waals surface area contributed by atoms with Crippen LogP contribution in [0.4, 0.5) is 0 Å². The van der Waals surface area contributed by atoms with Crippen LogP contribution in [-0.2, 0) is 0 Å². The van der Waals surface area contributed by atoms with Crippen LogP contribution in [0.5, 0.6) is 0 Å². The van der Waals surface area contributed by atoms with Crippen LogP contribution in [0.3, 0.4) is 0 Å². The van der Waals surface area contributed by atoms with Crippen molar-refractivity contribution in [1.29, 1.82) is 0 Å². The first-order valence-corrected chi connectivity index (χ1v) is 15.0. The number of rotatable bonds is 13. The van der Waals surface area contributed by atoms with E-state index in [0.29, 0.717) is 0 Å². The van der Waals surface area contributed by atoms with Crippen molar-refractivity contribution < 1.29 is 0 Å². The molecule has 0 radical (unpaired) electrons. The van der Waals surface area contributed by atoms with E-state index in [9.17, 15) is 0 Å². The van der Waals surface area contributed by atoms with Gasteiger partial charge in [0.2, 0.25) is 0 Å². The summed E-state index contributed by atoms with van der Waals surface area (Å²) in [5.41, 5.74) is 0. The molecule has 0 amide bonds. The third kappa shape index (κ3) is 10.3. The van der Waals surface area contributed by atoms with Crippen LogP contribution in [0, 0.1) is 0 Å². The van der Waals surface area contributed by atoms with E-state index in [4.69, 9.17) is 7.91 Å². The van der Waals surface area contributed by atoms with Crippen LogP contribution in [0.2, 0.25) is 4.44 Å². The van der Waals surface area contributed by atoms with Gasteiger partial charge in [0.25, 0.3) is 0 Å². The Morgan fingerprint density at radius 1 is 0.800 bits per heavy atom.